The lowest BCUT2D eigenvalue weighted by Crippen LogP contribution is -2.26. The summed E-state index contributed by atoms with van der Waals surface area (Å²) in [5.41, 5.74) is 1.67. The lowest BCUT2D eigenvalue weighted by atomic mass is 10.1. The maximum absolute atomic E-state index is 12.7. The molecule has 31 heavy (non-hydrogen) atoms. The number of para-hydroxylation sites is 1. The SMILES string of the molecule is C=CCc1ccccc1OCc1ccc(C(=O)Nc2cnn(CC)c2C(=O)N(C)C)o1. The van der Waals surface area contributed by atoms with Gasteiger partial charge in [0.25, 0.3) is 11.8 Å². The highest BCUT2D eigenvalue weighted by Crippen LogP contribution is 2.22. The van der Waals surface area contributed by atoms with E-state index in [1.165, 1.54) is 11.1 Å². The second kappa shape index (κ2) is 9.80. The smallest absolute Gasteiger partial charge is 0.291 e. The Hall–Kier alpha value is -3.81. The third-order valence-electron chi connectivity index (χ3n) is 4.59. The van der Waals surface area contributed by atoms with Gasteiger partial charge in [0.1, 0.15) is 23.8 Å². The Bertz CT molecular complexity index is 1080. The van der Waals surface area contributed by atoms with E-state index < -0.39 is 5.91 Å². The standard InChI is InChI=1S/C23H26N4O4/c1-5-9-16-10-7-8-11-19(16)30-15-17-12-13-20(31-17)22(28)25-18-14-24-27(6-2)21(18)23(29)26(3)4/h5,7-8,10-14H,1,6,9,15H2,2-4H3,(H,25,28). The Kier molecular flexibility index (Phi) is 6.92. The van der Waals surface area contributed by atoms with Crippen LogP contribution < -0.4 is 10.1 Å². The number of nitrogens with one attached hydrogen (secondary N) is 1. The van der Waals surface area contributed by atoms with E-state index in [0.29, 0.717) is 30.1 Å². The molecule has 2 heterocycles. The van der Waals surface area contributed by atoms with Crippen LogP contribution in [0, 0.1) is 0 Å². The van der Waals surface area contributed by atoms with Crippen LogP contribution in [0.2, 0.25) is 0 Å². The topological polar surface area (TPSA) is 89.6 Å². The lowest BCUT2D eigenvalue weighted by Gasteiger charge is -2.13. The fourth-order valence-corrected chi connectivity index (χ4v) is 3.03. The van der Waals surface area contributed by atoms with Gasteiger partial charge < -0.3 is 19.4 Å². The average molecular weight is 422 g/mol. The maximum Gasteiger partial charge on any atom is 0.291 e. The summed E-state index contributed by atoms with van der Waals surface area (Å²) >= 11 is 0. The van der Waals surface area contributed by atoms with E-state index in [1.807, 2.05) is 37.3 Å². The number of ether oxygens (including phenoxy) is 1. The number of hydrogen-bond donors (Lipinski definition) is 1. The number of amides is 2. The van der Waals surface area contributed by atoms with Crippen molar-refractivity contribution in [2.24, 2.45) is 0 Å². The summed E-state index contributed by atoms with van der Waals surface area (Å²) in [6.07, 6.45) is 3.97. The fraction of sp³-hybridized carbons (Fsp3) is 0.261. The van der Waals surface area contributed by atoms with E-state index in [0.717, 1.165) is 11.3 Å². The molecule has 0 radical (unpaired) electrons. The Morgan fingerprint density at radius 3 is 2.74 bits per heavy atom. The number of aromatic nitrogens is 2. The first-order chi connectivity index (χ1) is 14.9. The molecule has 2 aromatic heterocycles. The predicted molar refractivity (Wildman–Crippen MR) is 117 cm³/mol. The third kappa shape index (κ3) is 5.03. The van der Waals surface area contributed by atoms with Gasteiger partial charge >= 0.3 is 0 Å². The van der Waals surface area contributed by atoms with Crippen LogP contribution in [0.15, 0.2) is 59.7 Å². The van der Waals surface area contributed by atoms with Gasteiger partial charge in [-0.1, -0.05) is 24.3 Å². The highest BCUT2D eigenvalue weighted by Gasteiger charge is 2.22. The van der Waals surface area contributed by atoms with Gasteiger partial charge in [-0.25, -0.2) is 0 Å². The highest BCUT2D eigenvalue weighted by molar-refractivity contribution is 6.07. The van der Waals surface area contributed by atoms with Crippen molar-refractivity contribution >= 4 is 17.5 Å². The number of furan rings is 1. The summed E-state index contributed by atoms with van der Waals surface area (Å²) in [5.74, 6) is 0.643. The van der Waals surface area contributed by atoms with Gasteiger partial charge in [-0.3, -0.25) is 14.3 Å². The van der Waals surface area contributed by atoms with Crippen LogP contribution in [0.5, 0.6) is 5.75 Å². The second-order valence-corrected chi connectivity index (χ2v) is 7.03. The highest BCUT2D eigenvalue weighted by atomic mass is 16.5. The number of benzene rings is 1. The summed E-state index contributed by atoms with van der Waals surface area (Å²) in [6.45, 7) is 6.31. The average Bonchev–Trinajstić information content (AvgIpc) is 3.39. The minimum atomic E-state index is -0.471. The van der Waals surface area contributed by atoms with Crippen molar-refractivity contribution in [2.75, 3.05) is 19.4 Å². The first kappa shape index (κ1) is 21.9. The lowest BCUT2D eigenvalue weighted by molar-refractivity contribution is 0.0816. The molecule has 0 spiro atoms. The van der Waals surface area contributed by atoms with Crippen molar-refractivity contribution in [1.29, 1.82) is 0 Å². The molecule has 0 atom stereocenters. The van der Waals surface area contributed by atoms with Crippen LogP contribution in [0.1, 0.15) is 39.3 Å². The first-order valence-electron chi connectivity index (χ1n) is 9.93. The second-order valence-electron chi connectivity index (χ2n) is 7.03. The fourth-order valence-electron chi connectivity index (χ4n) is 3.03. The number of carbonyl (C=O) groups is 2. The molecule has 162 valence electrons. The summed E-state index contributed by atoms with van der Waals surface area (Å²) in [6, 6.07) is 10.9. The summed E-state index contributed by atoms with van der Waals surface area (Å²) in [5, 5.41) is 6.89. The number of carbonyl (C=O) groups excluding carboxylic acids is 2. The van der Waals surface area contributed by atoms with Crippen LogP contribution in [0.4, 0.5) is 5.69 Å². The number of nitrogens with zero attached hydrogens (tertiary/aromatic N) is 3. The van der Waals surface area contributed by atoms with Crippen molar-refractivity contribution in [3.05, 3.63) is 78.0 Å². The maximum atomic E-state index is 12.7. The molecule has 0 aliphatic carbocycles. The zero-order valence-electron chi connectivity index (χ0n) is 17.9. The quantitative estimate of drug-likeness (QED) is 0.531. The number of allylic oxidation sites excluding steroid dienone is 1. The van der Waals surface area contributed by atoms with Crippen LogP contribution in [-0.2, 0) is 19.6 Å². The molecule has 3 aromatic rings. The number of anilines is 1. The Morgan fingerprint density at radius 1 is 1.26 bits per heavy atom. The van der Waals surface area contributed by atoms with Crippen LogP contribution in [0.3, 0.4) is 0 Å². The van der Waals surface area contributed by atoms with Crippen molar-refractivity contribution < 1.29 is 18.7 Å². The molecular weight excluding hydrogens is 396 g/mol. The summed E-state index contributed by atoms with van der Waals surface area (Å²) < 4.78 is 13.0. The molecule has 0 fully saturated rings. The van der Waals surface area contributed by atoms with E-state index >= 15 is 0 Å². The Labute approximate surface area is 181 Å². The minimum Gasteiger partial charge on any atom is -0.485 e. The molecule has 2 amide bonds. The zero-order valence-corrected chi connectivity index (χ0v) is 17.9. The number of rotatable bonds is 9. The van der Waals surface area contributed by atoms with Gasteiger partial charge in [0.15, 0.2) is 5.76 Å². The van der Waals surface area contributed by atoms with Gasteiger partial charge in [-0.2, -0.15) is 5.10 Å². The molecule has 0 aliphatic heterocycles. The van der Waals surface area contributed by atoms with E-state index in [9.17, 15) is 9.59 Å². The van der Waals surface area contributed by atoms with E-state index in [2.05, 4.69) is 17.0 Å². The molecule has 8 nitrogen and oxygen atoms in total. The molecular formula is C23H26N4O4. The first-order valence-corrected chi connectivity index (χ1v) is 9.93. The summed E-state index contributed by atoms with van der Waals surface area (Å²) in [7, 11) is 3.29. The summed E-state index contributed by atoms with van der Waals surface area (Å²) in [4.78, 5) is 26.6. The van der Waals surface area contributed by atoms with Gasteiger partial charge in [-0.15, -0.1) is 6.58 Å². The normalized spacial score (nSPS) is 10.5. The van der Waals surface area contributed by atoms with Crippen molar-refractivity contribution in [1.82, 2.24) is 14.7 Å². The largest absolute Gasteiger partial charge is 0.485 e. The molecule has 0 aliphatic rings. The van der Waals surface area contributed by atoms with Crippen molar-refractivity contribution in [3.8, 4) is 5.75 Å². The van der Waals surface area contributed by atoms with E-state index in [4.69, 9.17) is 9.15 Å². The predicted octanol–water partition coefficient (Wildman–Crippen LogP) is 3.76. The Balaban J connectivity index is 1.70. The molecule has 0 saturated heterocycles. The molecule has 0 unspecified atom stereocenters. The van der Waals surface area contributed by atoms with Crippen LogP contribution in [-0.4, -0.2) is 40.6 Å². The third-order valence-corrected chi connectivity index (χ3v) is 4.59. The number of hydrogen-bond acceptors (Lipinski definition) is 5. The van der Waals surface area contributed by atoms with Crippen LogP contribution >= 0.6 is 0 Å². The van der Waals surface area contributed by atoms with Gasteiger partial charge in [-0.05, 0) is 37.1 Å². The Morgan fingerprint density at radius 2 is 2.03 bits per heavy atom. The van der Waals surface area contributed by atoms with Crippen molar-refractivity contribution in [2.45, 2.75) is 26.5 Å². The minimum absolute atomic E-state index is 0.116. The molecule has 1 aromatic carbocycles. The molecule has 8 heteroatoms. The van der Waals surface area contributed by atoms with Crippen molar-refractivity contribution in [3.63, 3.8) is 0 Å². The zero-order chi connectivity index (χ0) is 22.4. The monoisotopic (exact) mass is 422 g/mol. The van der Waals surface area contributed by atoms with Gasteiger partial charge in [0, 0.05) is 20.6 Å². The van der Waals surface area contributed by atoms with E-state index in [1.54, 1.807) is 30.9 Å². The molecule has 1 N–H and O–H groups in total. The molecule has 0 saturated carbocycles. The molecule has 3 rings (SSSR count). The van der Waals surface area contributed by atoms with E-state index in [-0.39, 0.29) is 18.3 Å². The van der Waals surface area contributed by atoms with Gasteiger partial charge in [0.2, 0.25) is 0 Å². The number of aryl methyl sites for hydroxylation is 1. The van der Waals surface area contributed by atoms with Gasteiger partial charge in [0.05, 0.1) is 11.9 Å². The van der Waals surface area contributed by atoms with Crippen LogP contribution in [0.25, 0.3) is 0 Å². The molecule has 0 bridgehead atoms.